The third-order valence-corrected chi connectivity index (χ3v) is 3.02. The SMILES string of the molecule is CC(C)(S)C1(C)CC1. The molecule has 0 spiro atoms. The lowest BCUT2D eigenvalue weighted by atomic mass is 9.94. The molecule has 0 saturated heterocycles. The molecule has 0 atom stereocenters. The zero-order valence-electron chi connectivity index (χ0n) is 5.86. The van der Waals surface area contributed by atoms with Gasteiger partial charge in [-0.25, -0.2) is 0 Å². The molecule has 1 fully saturated rings. The van der Waals surface area contributed by atoms with Crippen LogP contribution in [-0.4, -0.2) is 4.75 Å². The van der Waals surface area contributed by atoms with Crippen molar-refractivity contribution in [1.82, 2.24) is 0 Å². The summed E-state index contributed by atoms with van der Waals surface area (Å²) in [4.78, 5) is 0. The topological polar surface area (TPSA) is 0 Å². The fourth-order valence-electron chi connectivity index (χ4n) is 0.799. The van der Waals surface area contributed by atoms with Gasteiger partial charge in [0.25, 0.3) is 0 Å². The Morgan fingerprint density at radius 1 is 1.38 bits per heavy atom. The Balaban J connectivity index is 2.58. The van der Waals surface area contributed by atoms with E-state index in [2.05, 4.69) is 33.4 Å². The minimum absolute atomic E-state index is 0.243. The molecule has 1 rings (SSSR count). The van der Waals surface area contributed by atoms with Crippen LogP contribution in [0, 0.1) is 5.41 Å². The highest BCUT2D eigenvalue weighted by atomic mass is 32.1. The number of thiol groups is 1. The smallest absolute Gasteiger partial charge is 0.0127 e. The van der Waals surface area contributed by atoms with Gasteiger partial charge in [-0.15, -0.1) is 0 Å². The van der Waals surface area contributed by atoms with Crippen LogP contribution in [0.1, 0.15) is 33.6 Å². The van der Waals surface area contributed by atoms with Gasteiger partial charge in [0.1, 0.15) is 0 Å². The van der Waals surface area contributed by atoms with Gasteiger partial charge in [0, 0.05) is 4.75 Å². The first-order valence-electron chi connectivity index (χ1n) is 3.18. The molecule has 0 radical (unpaired) electrons. The Kier molecular flexibility index (Phi) is 1.16. The van der Waals surface area contributed by atoms with E-state index in [9.17, 15) is 0 Å². The van der Waals surface area contributed by atoms with E-state index in [0.717, 1.165) is 0 Å². The van der Waals surface area contributed by atoms with Crippen LogP contribution >= 0.6 is 12.6 Å². The molecular weight excluding hydrogens is 116 g/mol. The summed E-state index contributed by atoms with van der Waals surface area (Å²) in [5.41, 5.74) is 0.552. The van der Waals surface area contributed by atoms with Crippen molar-refractivity contribution < 1.29 is 0 Å². The molecule has 0 aliphatic heterocycles. The molecule has 0 N–H and O–H groups in total. The minimum atomic E-state index is 0.243. The van der Waals surface area contributed by atoms with Crippen molar-refractivity contribution in [1.29, 1.82) is 0 Å². The van der Waals surface area contributed by atoms with Gasteiger partial charge in [-0.3, -0.25) is 0 Å². The van der Waals surface area contributed by atoms with Gasteiger partial charge in [-0.05, 0) is 18.3 Å². The zero-order valence-corrected chi connectivity index (χ0v) is 6.76. The van der Waals surface area contributed by atoms with E-state index in [1.807, 2.05) is 0 Å². The second-order valence-electron chi connectivity index (χ2n) is 3.62. The van der Waals surface area contributed by atoms with Crippen molar-refractivity contribution in [3.63, 3.8) is 0 Å². The normalized spacial score (nSPS) is 25.5. The van der Waals surface area contributed by atoms with E-state index in [4.69, 9.17) is 0 Å². The fraction of sp³-hybridized carbons (Fsp3) is 1.00. The Morgan fingerprint density at radius 2 is 1.75 bits per heavy atom. The molecule has 0 nitrogen and oxygen atoms in total. The van der Waals surface area contributed by atoms with Gasteiger partial charge >= 0.3 is 0 Å². The van der Waals surface area contributed by atoms with E-state index in [1.54, 1.807) is 0 Å². The van der Waals surface area contributed by atoms with E-state index >= 15 is 0 Å². The second-order valence-corrected chi connectivity index (χ2v) is 4.74. The summed E-state index contributed by atoms with van der Waals surface area (Å²) in [6.45, 7) is 6.70. The van der Waals surface area contributed by atoms with Gasteiger partial charge in [0.2, 0.25) is 0 Å². The highest BCUT2D eigenvalue weighted by Gasteiger charge is 2.47. The van der Waals surface area contributed by atoms with Crippen LogP contribution in [0.25, 0.3) is 0 Å². The standard InChI is InChI=1S/C7H14S/c1-6(2,8)7(3)4-5-7/h8H,4-5H2,1-3H3. The highest BCUT2D eigenvalue weighted by molar-refractivity contribution is 7.81. The molecule has 8 heavy (non-hydrogen) atoms. The Hall–Kier alpha value is 0.350. The third kappa shape index (κ3) is 0.883. The molecule has 0 amide bonds. The van der Waals surface area contributed by atoms with E-state index in [0.29, 0.717) is 5.41 Å². The van der Waals surface area contributed by atoms with Crippen molar-refractivity contribution in [2.24, 2.45) is 5.41 Å². The molecule has 0 heterocycles. The lowest BCUT2D eigenvalue weighted by Crippen LogP contribution is -2.22. The van der Waals surface area contributed by atoms with E-state index < -0.39 is 0 Å². The molecule has 0 bridgehead atoms. The van der Waals surface area contributed by atoms with Gasteiger partial charge in [0.15, 0.2) is 0 Å². The number of rotatable bonds is 1. The molecular formula is C7H14S. The number of hydrogen-bond acceptors (Lipinski definition) is 1. The summed E-state index contributed by atoms with van der Waals surface area (Å²) in [6.07, 6.45) is 2.73. The maximum Gasteiger partial charge on any atom is 0.0127 e. The van der Waals surface area contributed by atoms with Crippen molar-refractivity contribution in [2.75, 3.05) is 0 Å². The quantitative estimate of drug-likeness (QED) is 0.518. The average molecular weight is 130 g/mol. The number of hydrogen-bond donors (Lipinski definition) is 1. The molecule has 0 aromatic carbocycles. The van der Waals surface area contributed by atoms with Gasteiger partial charge in [-0.1, -0.05) is 20.8 Å². The van der Waals surface area contributed by atoms with E-state index in [-0.39, 0.29) is 4.75 Å². The van der Waals surface area contributed by atoms with Crippen LogP contribution in [0.3, 0.4) is 0 Å². The van der Waals surface area contributed by atoms with Crippen LogP contribution in [0.15, 0.2) is 0 Å². The molecule has 48 valence electrons. The van der Waals surface area contributed by atoms with Gasteiger partial charge < -0.3 is 0 Å². The van der Waals surface area contributed by atoms with Crippen LogP contribution in [0.2, 0.25) is 0 Å². The lowest BCUT2D eigenvalue weighted by Gasteiger charge is -2.25. The first-order chi connectivity index (χ1) is 3.46. The highest BCUT2D eigenvalue weighted by Crippen LogP contribution is 2.55. The third-order valence-electron chi connectivity index (χ3n) is 2.48. The molecule has 1 aliphatic rings. The molecule has 1 aliphatic carbocycles. The van der Waals surface area contributed by atoms with Crippen LogP contribution < -0.4 is 0 Å². The summed E-state index contributed by atoms with van der Waals surface area (Å²) >= 11 is 4.50. The molecule has 0 unspecified atom stereocenters. The maximum atomic E-state index is 4.50. The van der Waals surface area contributed by atoms with Crippen LogP contribution in [-0.2, 0) is 0 Å². The van der Waals surface area contributed by atoms with Crippen LogP contribution in [0.4, 0.5) is 0 Å². The monoisotopic (exact) mass is 130 g/mol. The predicted octanol–water partition coefficient (Wildman–Crippen LogP) is 2.49. The first kappa shape index (κ1) is 6.47. The van der Waals surface area contributed by atoms with Crippen LogP contribution in [0.5, 0.6) is 0 Å². The van der Waals surface area contributed by atoms with Crippen molar-refractivity contribution in [3.05, 3.63) is 0 Å². The summed E-state index contributed by atoms with van der Waals surface area (Å²) in [7, 11) is 0. The lowest BCUT2D eigenvalue weighted by molar-refractivity contribution is 0.445. The average Bonchev–Trinajstić information content (AvgIpc) is 2.16. The van der Waals surface area contributed by atoms with E-state index in [1.165, 1.54) is 12.8 Å². The zero-order chi connectivity index (χ0) is 6.41. The fourth-order valence-corrected chi connectivity index (χ4v) is 1.02. The van der Waals surface area contributed by atoms with Gasteiger partial charge in [-0.2, -0.15) is 12.6 Å². The van der Waals surface area contributed by atoms with Crippen molar-refractivity contribution >= 4 is 12.6 Å². The second kappa shape index (κ2) is 1.44. The van der Waals surface area contributed by atoms with Crippen molar-refractivity contribution in [3.8, 4) is 0 Å². The van der Waals surface area contributed by atoms with Crippen molar-refractivity contribution in [2.45, 2.75) is 38.4 Å². The molecule has 0 aromatic heterocycles. The summed E-state index contributed by atoms with van der Waals surface area (Å²) in [5, 5.41) is 0. The summed E-state index contributed by atoms with van der Waals surface area (Å²) < 4.78 is 0.243. The molecule has 0 aromatic rings. The van der Waals surface area contributed by atoms with Gasteiger partial charge in [0.05, 0.1) is 0 Å². The predicted molar refractivity (Wildman–Crippen MR) is 40.4 cm³/mol. The Morgan fingerprint density at radius 3 is 1.75 bits per heavy atom. The Bertz CT molecular complexity index is 92.2. The largest absolute Gasteiger partial charge is 0.173 e. The first-order valence-corrected chi connectivity index (χ1v) is 3.63. The maximum absolute atomic E-state index is 4.50. The molecule has 1 heteroatoms. The molecule has 1 saturated carbocycles. The summed E-state index contributed by atoms with van der Waals surface area (Å²) in [5.74, 6) is 0. The Labute approximate surface area is 57.1 Å². The summed E-state index contributed by atoms with van der Waals surface area (Å²) in [6, 6.07) is 0. The minimum Gasteiger partial charge on any atom is -0.173 e.